The Hall–Kier alpha value is -1.84. The third-order valence-electron chi connectivity index (χ3n) is 4.67. The smallest absolute Gasteiger partial charge is 0.229 e. The molecule has 1 N–H and O–H groups in total. The molecule has 2 amide bonds. The van der Waals surface area contributed by atoms with Gasteiger partial charge < -0.3 is 10.2 Å². The van der Waals surface area contributed by atoms with Crippen molar-refractivity contribution in [1.29, 1.82) is 0 Å². The molecule has 2 atom stereocenters. The average molecular weight is 316 g/mol. The van der Waals surface area contributed by atoms with E-state index in [0.29, 0.717) is 18.9 Å². The van der Waals surface area contributed by atoms with Crippen molar-refractivity contribution in [2.75, 3.05) is 11.9 Å². The van der Waals surface area contributed by atoms with E-state index in [4.69, 9.17) is 0 Å². The number of nitrogens with one attached hydrogen (secondary N) is 1. The molecule has 0 bridgehead atoms. The quantitative estimate of drug-likeness (QED) is 0.919. The lowest BCUT2D eigenvalue weighted by Gasteiger charge is -2.31. The lowest BCUT2D eigenvalue weighted by atomic mass is 9.98. The minimum absolute atomic E-state index is 0.0600. The summed E-state index contributed by atoms with van der Waals surface area (Å²) in [6, 6.07) is 8.01. The summed E-state index contributed by atoms with van der Waals surface area (Å²) in [4.78, 5) is 26.3. The third-order valence-corrected chi connectivity index (χ3v) is 4.67. The van der Waals surface area contributed by atoms with Crippen molar-refractivity contribution in [3.8, 4) is 0 Å². The molecule has 0 saturated carbocycles. The van der Waals surface area contributed by atoms with Gasteiger partial charge in [0.05, 0.1) is 5.92 Å². The average Bonchev–Trinajstić information content (AvgIpc) is 2.89. The SMILES string of the molecule is CC[C@@H](C)c1ccc(NC(=O)[C@@H]2CC(=O)N(C(C)(C)C)C2)cc1. The van der Waals surface area contributed by atoms with Gasteiger partial charge in [0.1, 0.15) is 0 Å². The second-order valence-corrected chi connectivity index (χ2v) is 7.50. The highest BCUT2D eigenvalue weighted by atomic mass is 16.2. The second-order valence-electron chi connectivity index (χ2n) is 7.50. The van der Waals surface area contributed by atoms with Crippen LogP contribution < -0.4 is 5.32 Å². The Labute approximate surface area is 139 Å². The summed E-state index contributed by atoms with van der Waals surface area (Å²) in [5, 5.41) is 2.94. The fourth-order valence-electron chi connectivity index (χ4n) is 2.91. The summed E-state index contributed by atoms with van der Waals surface area (Å²) >= 11 is 0. The fourth-order valence-corrected chi connectivity index (χ4v) is 2.91. The van der Waals surface area contributed by atoms with Crippen molar-refractivity contribution >= 4 is 17.5 Å². The highest BCUT2D eigenvalue weighted by Crippen LogP contribution is 2.27. The van der Waals surface area contributed by atoms with E-state index in [1.165, 1.54) is 5.56 Å². The largest absolute Gasteiger partial charge is 0.337 e. The second kappa shape index (κ2) is 6.73. The number of nitrogens with zero attached hydrogens (tertiary/aromatic N) is 1. The molecule has 0 aliphatic carbocycles. The minimum atomic E-state index is -0.268. The molecule has 2 rings (SSSR count). The Morgan fingerprint density at radius 3 is 2.39 bits per heavy atom. The maximum absolute atomic E-state index is 12.4. The monoisotopic (exact) mass is 316 g/mol. The zero-order valence-corrected chi connectivity index (χ0v) is 14.8. The minimum Gasteiger partial charge on any atom is -0.337 e. The van der Waals surface area contributed by atoms with Crippen LogP contribution in [0.2, 0.25) is 0 Å². The Kier molecular flexibility index (Phi) is 5.12. The normalized spacial score (nSPS) is 19.8. The number of carbonyl (C=O) groups is 2. The highest BCUT2D eigenvalue weighted by Gasteiger charge is 2.39. The molecule has 1 aliphatic heterocycles. The zero-order valence-electron chi connectivity index (χ0n) is 14.8. The lowest BCUT2D eigenvalue weighted by Crippen LogP contribution is -2.42. The zero-order chi connectivity index (χ0) is 17.2. The standard InChI is InChI=1S/C19H28N2O2/c1-6-13(2)14-7-9-16(10-8-14)20-18(23)15-11-17(22)21(12-15)19(3,4)5/h7-10,13,15H,6,11-12H2,1-5H3,(H,20,23)/t13-,15-/m1/s1. The van der Waals surface area contributed by atoms with Gasteiger partial charge >= 0.3 is 0 Å². The van der Waals surface area contributed by atoms with Crippen LogP contribution in [-0.4, -0.2) is 28.8 Å². The molecule has 0 aromatic heterocycles. The van der Waals surface area contributed by atoms with Crippen LogP contribution in [0, 0.1) is 5.92 Å². The van der Waals surface area contributed by atoms with E-state index in [-0.39, 0.29) is 23.3 Å². The first kappa shape index (κ1) is 17.5. The molecule has 1 saturated heterocycles. The number of hydrogen-bond donors (Lipinski definition) is 1. The van der Waals surface area contributed by atoms with Gasteiger partial charge in [-0.25, -0.2) is 0 Å². The van der Waals surface area contributed by atoms with Gasteiger partial charge in [-0.1, -0.05) is 26.0 Å². The lowest BCUT2D eigenvalue weighted by molar-refractivity contribution is -0.131. The van der Waals surface area contributed by atoms with Gasteiger partial charge in [-0.05, 0) is 50.8 Å². The Morgan fingerprint density at radius 1 is 1.30 bits per heavy atom. The van der Waals surface area contributed by atoms with Crippen LogP contribution in [0.15, 0.2) is 24.3 Å². The van der Waals surface area contributed by atoms with Crippen molar-refractivity contribution in [2.45, 2.75) is 58.9 Å². The van der Waals surface area contributed by atoms with E-state index < -0.39 is 0 Å². The molecule has 1 aliphatic rings. The van der Waals surface area contributed by atoms with E-state index in [9.17, 15) is 9.59 Å². The first-order valence-corrected chi connectivity index (χ1v) is 8.43. The summed E-state index contributed by atoms with van der Waals surface area (Å²) in [6.07, 6.45) is 1.40. The molecule has 126 valence electrons. The van der Waals surface area contributed by atoms with Gasteiger partial charge in [0.15, 0.2) is 0 Å². The van der Waals surface area contributed by atoms with Crippen LogP contribution in [0.1, 0.15) is 58.9 Å². The molecule has 4 nitrogen and oxygen atoms in total. The molecule has 0 spiro atoms. The Balaban J connectivity index is 1.99. The van der Waals surface area contributed by atoms with Crippen LogP contribution in [0.25, 0.3) is 0 Å². The van der Waals surface area contributed by atoms with Crippen molar-refractivity contribution in [3.05, 3.63) is 29.8 Å². The Bertz CT molecular complexity index is 572. The number of amides is 2. The number of anilines is 1. The summed E-state index contributed by atoms with van der Waals surface area (Å²) < 4.78 is 0. The Morgan fingerprint density at radius 2 is 1.91 bits per heavy atom. The van der Waals surface area contributed by atoms with Crippen LogP contribution >= 0.6 is 0 Å². The molecule has 0 unspecified atom stereocenters. The van der Waals surface area contributed by atoms with Crippen molar-refractivity contribution in [1.82, 2.24) is 4.90 Å². The van der Waals surface area contributed by atoms with E-state index in [0.717, 1.165) is 12.1 Å². The van der Waals surface area contributed by atoms with E-state index >= 15 is 0 Å². The predicted molar refractivity (Wildman–Crippen MR) is 93.4 cm³/mol. The maximum Gasteiger partial charge on any atom is 0.229 e. The van der Waals surface area contributed by atoms with Gasteiger partial charge in [-0.2, -0.15) is 0 Å². The molecule has 4 heteroatoms. The molecule has 23 heavy (non-hydrogen) atoms. The number of benzene rings is 1. The third kappa shape index (κ3) is 4.12. The van der Waals surface area contributed by atoms with Gasteiger partial charge in [-0.15, -0.1) is 0 Å². The molecule has 1 aromatic carbocycles. The molecule has 1 fully saturated rings. The van der Waals surface area contributed by atoms with Crippen LogP contribution in [0.3, 0.4) is 0 Å². The van der Waals surface area contributed by atoms with Gasteiger partial charge in [-0.3, -0.25) is 9.59 Å². The topological polar surface area (TPSA) is 49.4 Å². The van der Waals surface area contributed by atoms with Crippen molar-refractivity contribution in [2.24, 2.45) is 5.92 Å². The first-order chi connectivity index (χ1) is 10.7. The number of likely N-dealkylation sites (tertiary alicyclic amines) is 1. The summed E-state index contributed by atoms with van der Waals surface area (Å²) in [6.45, 7) is 10.9. The van der Waals surface area contributed by atoms with Crippen molar-refractivity contribution < 1.29 is 9.59 Å². The summed E-state index contributed by atoms with van der Waals surface area (Å²) in [5.41, 5.74) is 1.84. The first-order valence-electron chi connectivity index (χ1n) is 8.43. The van der Waals surface area contributed by atoms with E-state index in [2.05, 4.69) is 31.3 Å². The van der Waals surface area contributed by atoms with Crippen LogP contribution in [0.5, 0.6) is 0 Å². The number of hydrogen-bond acceptors (Lipinski definition) is 2. The van der Waals surface area contributed by atoms with E-state index in [1.54, 1.807) is 4.90 Å². The van der Waals surface area contributed by atoms with Crippen molar-refractivity contribution in [3.63, 3.8) is 0 Å². The van der Waals surface area contributed by atoms with Gasteiger partial charge in [0.2, 0.25) is 11.8 Å². The van der Waals surface area contributed by atoms with Crippen LogP contribution in [0.4, 0.5) is 5.69 Å². The maximum atomic E-state index is 12.4. The molecular formula is C19H28N2O2. The van der Waals surface area contributed by atoms with Gasteiger partial charge in [0.25, 0.3) is 0 Å². The summed E-state index contributed by atoms with van der Waals surface area (Å²) in [5.74, 6) is 0.245. The van der Waals surface area contributed by atoms with Gasteiger partial charge in [0, 0.05) is 24.2 Å². The molecular weight excluding hydrogens is 288 g/mol. The number of carbonyl (C=O) groups excluding carboxylic acids is 2. The predicted octanol–water partition coefficient (Wildman–Crippen LogP) is 3.79. The van der Waals surface area contributed by atoms with E-state index in [1.807, 2.05) is 32.9 Å². The molecule has 0 radical (unpaired) electrons. The highest BCUT2D eigenvalue weighted by molar-refractivity contribution is 5.97. The molecule has 1 aromatic rings. The number of rotatable bonds is 4. The van der Waals surface area contributed by atoms with Crippen LogP contribution in [-0.2, 0) is 9.59 Å². The molecule has 1 heterocycles. The summed E-state index contributed by atoms with van der Waals surface area (Å²) in [7, 11) is 0. The fraction of sp³-hybridized carbons (Fsp3) is 0.579.